The molecule has 0 aliphatic carbocycles. The molecule has 0 aromatic heterocycles. The zero-order valence-corrected chi connectivity index (χ0v) is 15.9. The van der Waals surface area contributed by atoms with Crippen molar-refractivity contribution in [3.05, 3.63) is 95.1 Å². The van der Waals surface area contributed by atoms with Crippen LogP contribution in [0.15, 0.2) is 72.8 Å². The Morgan fingerprint density at radius 2 is 1.55 bits per heavy atom. The molecule has 29 heavy (non-hydrogen) atoms. The van der Waals surface area contributed by atoms with E-state index < -0.39 is 5.97 Å². The van der Waals surface area contributed by atoms with Crippen molar-refractivity contribution in [2.24, 2.45) is 0 Å². The van der Waals surface area contributed by atoms with Crippen LogP contribution in [0.5, 0.6) is 11.5 Å². The average Bonchev–Trinajstić information content (AvgIpc) is 2.73. The zero-order chi connectivity index (χ0) is 19.8. The second-order valence-corrected chi connectivity index (χ2v) is 6.45. The van der Waals surface area contributed by atoms with E-state index in [1.54, 1.807) is 12.1 Å². The van der Waals surface area contributed by atoms with Crippen LogP contribution in [-0.2, 0) is 19.4 Å². The minimum absolute atomic E-state index is 0. The van der Waals surface area contributed by atoms with E-state index >= 15 is 0 Å². The summed E-state index contributed by atoms with van der Waals surface area (Å²) in [6.07, 6.45) is 1.56. The fraction of sp³-hybridized carbons (Fsp3) is 0.208. The van der Waals surface area contributed by atoms with E-state index in [1.165, 1.54) is 0 Å². The van der Waals surface area contributed by atoms with Crippen molar-refractivity contribution in [3.63, 3.8) is 0 Å². The molecule has 0 saturated carbocycles. The van der Waals surface area contributed by atoms with Crippen LogP contribution in [0.4, 0.5) is 0 Å². The number of carboxylic acid groups (broad SMARTS) is 1. The normalized spacial score (nSPS) is 10.1. The number of ether oxygens (including phenoxy) is 2. The van der Waals surface area contributed by atoms with Gasteiger partial charge in [0.15, 0.2) is 11.5 Å². The monoisotopic (exact) mass is 400 g/mol. The van der Waals surface area contributed by atoms with E-state index in [4.69, 9.17) is 14.6 Å². The van der Waals surface area contributed by atoms with Crippen molar-refractivity contribution >= 4 is 35.5 Å². The molecule has 0 spiro atoms. The summed E-state index contributed by atoms with van der Waals surface area (Å²) in [5.74, 6) is 0.611. The fourth-order valence-electron chi connectivity index (χ4n) is 3.01. The topological polar surface area (TPSA) is 55.8 Å². The first kappa shape index (κ1) is 23.0. The number of benzene rings is 3. The Hall–Kier alpha value is -2.27. The summed E-state index contributed by atoms with van der Waals surface area (Å²) < 4.78 is 11.9. The van der Waals surface area contributed by atoms with E-state index in [0.29, 0.717) is 18.8 Å². The van der Waals surface area contributed by atoms with Crippen LogP contribution in [-0.4, -0.2) is 47.2 Å². The number of aromatic carboxylic acids is 1. The molecule has 5 heteroatoms. The summed E-state index contributed by atoms with van der Waals surface area (Å²) in [5, 5.41) is 9.02. The Morgan fingerprint density at radius 1 is 0.828 bits per heavy atom. The Balaban J connectivity index is 0.00000300. The van der Waals surface area contributed by atoms with Crippen molar-refractivity contribution in [1.29, 1.82) is 0 Å². The number of aryl methyl sites for hydroxylation is 2. The Bertz CT molecular complexity index is 908. The predicted octanol–water partition coefficient (Wildman–Crippen LogP) is 4.50. The van der Waals surface area contributed by atoms with Gasteiger partial charge in [-0.2, -0.15) is 0 Å². The molecule has 0 heterocycles. The van der Waals surface area contributed by atoms with Gasteiger partial charge in [0.05, 0.1) is 12.2 Å². The van der Waals surface area contributed by atoms with Gasteiger partial charge in [-0.05, 0) is 54.7 Å². The first-order valence-corrected chi connectivity index (χ1v) is 9.41. The molecular formula is C24H25NaO4. The summed E-state index contributed by atoms with van der Waals surface area (Å²) in [6.45, 7) is 3.00. The van der Waals surface area contributed by atoms with Gasteiger partial charge in [-0.25, -0.2) is 4.79 Å². The third-order valence-electron chi connectivity index (χ3n) is 4.47. The minimum atomic E-state index is -0.910. The molecule has 0 bridgehead atoms. The van der Waals surface area contributed by atoms with Crippen LogP contribution in [0.25, 0.3) is 0 Å². The summed E-state index contributed by atoms with van der Waals surface area (Å²) in [4.78, 5) is 11.0. The maximum absolute atomic E-state index is 11.0. The van der Waals surface area contributed by atoms with Gasteiger partial charge in [0.2, 0.25) is 0 Å². The van der Waals surface area contributed by atoms with E-state index in [-0.39, 0.29) is 29.6 Å². The summed E-state index contributed by atoms with van der Waals surface area (Å²) in [7, 11) is 0. The molecule has 0 atom stereocenters. The quantitative estimate of drug-likeness (QED) is 0.538. The van der Waals surface area contributed by atoms with Crippen molar-refractivity contribution in [2.45, 2.75) is 26.4 Å². The SMILES string of the molecule is CCOc1cccc(CCc2ccc(C(=O)O)cc2)c1OCc1ccccc1.[NaH]. The molecule has 3 aromatic carbocycles. The van der Waals surface area contributed by atoms with Crippen LogP contribution >= 0.6 is 0 Å². The molecule has 4 nitrogen and oxygen atoms in total. The fourth-order valence-corrected chi connectivity index (χ4v) is 3.01. The van der Waals surface area contributed by atoms with Gasteiger partial charge in [0.25, 0.3) is 0 Å². The summed E-state index contributed by atoms with van der Waals surface area (Å²) in [6, 6.07) is 23.0. The van der Waals surface area contributed by atoms with E-state index in [2.05, 4.69) is 6.07 Å². The molecule has 3 rings (SSSR count). The van der Waals surface area contributed by atoms with Gasteiger partial charge in [-0.1, -0.05) is 54.6 Å². The number of rotatable bonds is 9. The molecule has 0 aliphatic rings. The standard InChI is InChI=1S/C24H24O4.Na.H/c1-2-27-22-10-6-9-20(23(22)28-17-19-7-4-3-5-8-19)14-11-18-12-15-21(16-13-18)24(25)26;;/h3-10,12-13,15-16H,2,11,14,17H2,1H3,(H,25,26);;. The molecule has 0 radical (unpaired) electrons. The molecule has 0 unspecified atom stereocenters. The Kier molecular flexibility index (Phi) is 9.26. The average molecular weight is 400 g/mol. The van der Waals surface area contributed by atoms with Crippen LogP contribution < -0.4 is 9.47 Å². The van der Waals surface area contributed by atoms with Gasteiger partial charge < -0.3 is 14.6 Å². The maximum atomic E-state index is 11.0. The second-order valence-electron chi connectivity index (χ2n) is 6.45. The molecule has 0 fully saturated rings. The van der Waals surface area contributed by atoms with E-state index in [1.807, 2.05) is 61.5 Å². The molecule has 0 aliphatic heterocycles. The van der Waals surface area contributed by atoms with Gasteiger partial charge in [-0.3, -0.25) is 0 Å². The van der Waals surface area contributed by atoms with Crippen LogP contribution in [0, 0.1) is 0 Å². The molecule has 0 amide bonds. The third kappa shape index (κ3) is 6.64. The second kappa shape index (κ2) is 11.7. The summed E-state index contributed by atoms with van der Waals surface area (Å²) >= 11 is 0. The van der Waals surface area contributed by atoms with Crippen molar-refractivity contribution in [1.82, 2.24) is 0 Å². The molecule has 1 N–H and O–H groups in total. The summed E-state index contributed by atoms with van der Waals surface area (Å²) in [5.41, 5.74) is 3.56. The molecule has 0 saturated heterocycles. The Labute approximate surface area is 193 Å². The van der Waals surface area contributed by atoms with Crippen molar-refractivity contribution < 1.29 is 19.4 Å². The third-order valence-corrected chi connectivity index (χ3v) is 4.47. The number of hydrogen-bond acceptors (Lipinski definition) is 3. The first-order valence-electron chi connectivity index (χ1n) is 9.41. The van der Waals surface area contributed by atoms with E-state index in [9.17, 15) is 4.79 Å². The number of carbonyl (C=O) groups is 1. The Morgan fingerprint density at radius 3 is 2.21 bits per heavy atom. The van der Waals surface area contributed by atoms with Gasteiger partial charge in [0.1, 0.15) is 6.61 Å². The molecular weight excluding hydrogens is 375 g/mol. The molecule has 3 aromatic rings. The van der Waals surface area contributed by atoms with Gasteiger partial charge in [0, 0.05) is 0 Å². The molecule has 146 valence electrons. The first-order chi connectivity index (χ1) is 13.7. The number of para-hydroxylation sites is 1. The van der Waals surface area contributed by atoms with Crippen LogP contribution in [0.1, 0.15) is 34.0 Å². The zero-order valence-electron chi connectivity index (χ0n) is 15.9. The van der Waals surface area contributed by atoms with Gasteiger partial charge >= 0.3 is 35.5 Å². The number of carboxylic acids is 1. The van der Waals surface area contributed by atoms with Crippen LogP contribution in [0.3, 0.4) is 0 Å². The van der Waals surface area contributed by atoms with Crippen molar-refractivity contribution in [3.8, 4) is 11.5 Å². The predicted molar refractivity (Wildman–Crippen MR) is 116 cm³/mol. The van der Waals surface area contributed by atoms with Gasteiger partial charge in [-0.15, -0.1) is 0 Å². The number of hydrogen-bond donors (Lipinski definition) is 1. The van der Waals surface area contributed by atoms with Crippen molar-refractivity contribution in [2.75, 3.05) is 6.61 Å². The van der Waals surface area contributed by atoms with E-state index in [0.717, 1.165) is 41.0 Å². The van der Waals surface area contributed by atoms with Crippen LogP contribution in [0.2, 0.25) is 0 Å².